The number of benzene rings is 3. The molecule has 2 aromatic heterocycles. The SMILES string of the molecule is COc1cc(C=c2sc3nc4ccccc4n3c2=O)cc(Cl)c1OS(=O)(=O)c1ccccc1. The molecule has 0 atom stereocenters. The number of aromatic nitrogens is 2. The number of methoxy groups -OCH3 is 1. The number of thiazole rings is 1. The maximum atomic E-state index is 13.0. The second-order valence-corrected chi connectivity index (χ2v) is 9.98. The monoisotopic (exact) mass is 498 g/mol. The third-order valence-corrected chi connectivity index (χ3v) is 7.40. The van der Waals surface area contributed by atoms with Gasteiger partial charge in [-0.3, -0.25) is 4.79 Å². The van der Waals surface area contributed by atoms with Crippen molar-refractivity contribution in [2.75, 3.05) is 7.11 Å². The van der Waals surface area contributed by atoms with Crippen molar-refractivity contribution in [3.8, 4) is 11.5 Å². The number of para-hydroxylation sites is 2. The number of hydrogen-bond acceptors (Lipinski definition) is 7. The zero-order valence-electron chi connectivity index (χ0n) is 17.1. The molecule has 3 aromatic carbocycles. The van der Waals surface area contributed by atoms with Crippen molar-refractivity contribution in [2.24, 2.45) is 0 Å². The molecule has 0 aliphatic carbocycles. The van der Waals surface area contributed by atoms with E-state index in [9.17, 15) is 13.2 Å². The Hall–Kier alpha value is -3.40. The van der Waals surface area contributed by atoms with E-state index in [-0.39, 0.29) is 27.0 Å². The van der Waals surface area contributed by atoms with Crippen LogP contribution in [0.2, 0.25) is 5.02 Å². The molecule has 0 fully saturated rings. The van der Waals surface area contributed by atoms with Gasteiger partial charge < -0.3 is 8.92 Å². The van der Waals surface area contributed by atoms with Gasteiger partial charge in [-0.1, -0.05) is 53.3 Å². The van der Waals surface area contributed by atoms with E-state index in [2.05, 4.69) is 4.98 Å². The van der Waals surface area contributed by atoms with E-state index in [0.717, 1.165) is 11.0 Å². The van der Waals surface area contributed by atoms with E-state index >= 15 is 0 Å². The van der Waals surface area contributed by atoms with Gasteiger partial charge >= 0.3 is 10.1 Å². The fraction of sp³-hybridized carbons (Fsp3) is 0.0435. The summed E-state index contributed by atoms with van der Waals surface area (Å²) >= 11 is 7.61. The van der Waals surface area contributed by atoms with Crippen LogP contribution < -0.4 is 19.0 Å². The lowest BCUT2D eigenvalue weighted by Gasteiger charge is -2.13. The van der Waals surface area contributed by atoms with Gasteiger partial charge in [-0.15, -0.1) is 0 Å². The summed E-state index contributed by atoms with van der Waals surface area (Å²) in [6, 6.07) is 18.2. The van der Waals surface area contributed by atoms with Gasteiger partial charge in [-0.05, 0) is 48.0 Å². The Morgan fingerprint density at radius 2 is 1.79 bits per heavy atom. The lowest BCUT2D eigenvalue weighted by Crippen LogP contribution is -2.22. The summed E-state index contributed by atoms with van der Waals surface area (Å²) in [6.45, 7) is 0. The second kappa shape index (κ2) is 8.18. The highest BCUT2D eigenvalue weighted by atomic mass is 35.5. The maximum absolute atomic E-state index is 13.0. The number of imidazole rings is 1. The Kier molecular flexibility index (Phi) is 5.32. The molecule has 2 heterocycles. The molecule has 0 aliphatic heterocycles. The highest BCUT2D eigenvalue weighted by Gasteiger charge is 2.22. The first-order valence-electron chi connectivity index (χ1n) is 9.66. The van der Waals surface area contributed by atoms with Crippen LogP contribution in [0.1, 0.15) is 5.56 Å². The zero-order chi connectivity index (χ0) is 23.2. The van der Waals surface area contributed by atoms with Crippen molar-refractivity contribution in [2.45, 2.75) is 4.90 Å². The van der Waals surface area contributed by atoms with E-state index in [1.54, 1.807) is 34.7 Å². The Balaban J connectivity index is 1.58. The van der Waals surface area contributed by atoms with Gasteiger partial charge in [0.1, 0.15) is 4.90 Å². The highest BCUT2D eigenvalue weighted by Crippen LogP contribution is 2.38. The largest absolute Gasteiger partial charge is 0.493 e. The maximum Gasteiger partial charge on any atom is 0.339 e. The Morgan fingerprint density at radius 3 is 2.55 bits per heavy atom. The van der Waals surface area contributed by atoms with E-state index in [4.69, 9.17) is 20.5 Å². The molecule has 0 saturated heterocycles. The normalized spacial score (nSPS) is 12.5. The minimum absolute atomic E-state index is 0.0103. The van der Waals surface area contributed by atoms with Crippen molar-refractivity contribution in [1.29, 1.82) is 0 Å². The molecular formula is C23H15ClN2O5S2. The van der Waals surface area contributed by atoms with Crippen LogP contribution in [-0.2, 0) is 10.1 Å². The Labute approximate surface area is 197 Å². The third-order valence-electron chi connectivity index (χ3n) is 4.92. The topological polar surface area (TPSA) is 87.0 Å². The van der Waals surface area contributed by atoms with Crippen molar-refractivity contribution < 1.29 is 17.3 Å². The van der Waals surface area contributed by atoms with Crippen molar-refractivity contribution >= 4 is 55.1 Å². The smallest absolute Gasteiger partial charge is 0.339 e. The summed E-state index contributed by atoms with van der Waals surface area (Å²) < 4.78 is 37.9. The van der Waals surface area contributed by atoms with Gasteiger partial charge in [0, 0.05) is 0 Å². The van der Waals surface area contributed by atoms with Gasteiger partial charge in [-0.25, -0.2) is 9.38 Å². The molecule has 0 aliphatic rings. The molecule has 33 heavy (non-hydrogen) atoms. The van der Waals surface area contributed by atoms with Gasteiger partial charge in [-0.2, -0.15) is 8.42 Å². The molecule has 166 valence electrons. The molecule has 0 spiro atoms. The van der Waals surface area contributed by atoms with E-state index in [0.29, 0.717) is 15.1 Å². The molecule has 0 radical (unpaired) electrons. The predicted octanol–water partition coefficient (Wildman–Crippen LogP) is 3.89. The van der Waals surface area contributed by atoms with E-state index < -0.39 is 10.1 Å². The number of hydrogen-bond donors (Lipinski definition) is 0. The van der Waals surface area contributed by atoms with Gasteiger partial charge in [0.15, 0.2) is 10.7 Å². The molecule has 5 rings (SSSR count). The molecule has 0 amide bonds. The first kappa shape index (κ1) is 21.4. The van der Waals surface area contributed by atoms with Crippen LogP contribution in [0.25, 0.3) is 22.1 Å². The second-order valence-electron chi connectivity index (χ2n) is 7.02. The summed E-state index contributed by atoms with van der Waals surface area (Å²) in [6.07, 6.45) is 1.65. The van der Waals surface area contributed by atoms with Crippen molar-refractivity contribution in [3.05, 3.63) is 92.2 Å². The van der Waals surface area contributed by atoms with Crippen LogP contribution in [0.15, 0.2) is 76.4 Å². The average Bonchev–Trinajstić information content (AvgIpc) is 3.32. The minimum atomic E-state index is -4.11. The number of fused-ring (bicyclic) bond motifs is 3. The molecular weight excluding hydrogens is 484 g/mol. The number of rotatable bonds is 5. The summed E-state index contributed by atoms with van der Waals surface area (Å²) in [5.74, 6) is -0.0121. The zero-order valence-corrected chi connectivity index (χ0v) is 19.4. The standard InChI is InChI=1S/C23H15ClN2O5S2/c1-30-19-12-14(11-16(24)21(19)31-33(28,29)15-7-3-2-4-8-15)13-20-22(27)26-18-10-6-5-9-17(18)25-23(26)32-20/h2-13H,1H3. The van der Waals surface area contributed by atoms with Crippen LogP contribution in [0, 0.1) is 0 Å². The molecule has 0 N–H and O–H groups in total. The van der Waals surface area contributed by atoms with Crippen molar-refractivity contribution in [3.63, 3.8) is 0 Å². The Morgan fingerprint density at radius 1 is 1.06 bits per heavy atom. The lowest BCUT2D eigenvalue weighted by molar-refractivity contribution is 0.390. The first-order chi connectivity index (χ1) is 15.9. The fourth-order valence-electron chi connectivity index (χ4n) is 3.41. The number of halogens is 1. The summed E-state index contributed by atoms with van der Waals surface area (Å²) in [5, 5.41) is 0.0272. The third kappa shape index (κ3) is 3.84. The van der Waals surface area contributed by atoms with E-state index in [1.807, 2.05) is 24.3 Å². The van der Waals surface area contributed by atoms with Crippen LogP contribution in [0.5, 0.6) is 11.5 Å². The predicted molar refractivity (Wildman–Crippen MR) is 128 cm³/mol. The summed E-state index contributed by atoms with van der Waals surface area (Å²) in [5.41, 5.74) is 1.83. The van der Waals surface area contributed by atoms with Gasteiger partial charge in [0.2, 0.25) is 5.75 Å². The minimum Gasteiger partial charge on any atom is -0.493 e. The van der Waals surface area contributed by atoms with Crippen LogP contribution in [0.3, 0.4) is 0 Å². The van der Waals surface area contributed by atoms with E-state index in [1.165, 1.54) is 36.6 Å². The van der Waals surface area contributed by atoms with Gasteiger partial charge in [0.05, 0.1) is 27.7 Å². The van der Waals surface area contributed by atoms with Crippen molar-refractivity contribution in [1.82, 2.24) is 9.38 Å². The summed E-state index contributed by atoms with van der Waals surface area (Å²) in [4.78, 5) is 18.1. The fourth-order valence-corrected chi connectivity index (χ4v) is 5.68. The summed E-state index contributed by atoms with van der Waals surface area (Å²) in [7, 11) is -2.73. The van der Waals surface area contributed by atoms with Crippen LogP contribution in [-0.4, -0.2) is 24.9 Å². The first-order valence-corrected chi connectivity index (χ1v) is 12.3. The molecule has 10 heteroatoms. The Bertz CT molecular complexity index is 1730. The number of nitrogens with zero attached hydrogens (tertiary/aromatic N) is 2. The highest BCUT2D eigenvalue weighted by molar-refractivity contribution is 7.87. The molecule has 0 unspecified atom stereocenters. The number of ether oxygens (including phenoxy) is 1. The lowest BCUT2D eigenvalue weighted by atomic mass is 10.2. The van der Waals surface area contributed by atoms with Crippen LogP contribution >= 0.6 is 22.9 Å². The van der Waals surface area contributed by atoms with Gasteiger partial charge in [0.25, 0.3) is 5.56 Å². The molecule has 5 aromatic rings. The molecule has 0 bridgehead atoms. The molecule has 0 saturated carbocycles. The van der Waals surface area contributed by atoms with Crippen LogP contribution in [0.4, 0.5) is 0 Å². The quantitative estimate of drug-likeness (QED) is 0.342. The molecule has 7 nitrogen and oxygen atoms in total. The average molecular weight is 499 g/mol.